The lowest BCUT2D eigenvalue weighted by Gasteiger charge is -2.22. The number of rotatable bonds is 6. The Kier molecular flexibility index (Phi) is 7.84. The maximum absolute atomic E-state index is 13.4. The molecule has 0 aliphatic heterocycles. The minimum absolute atomic E-state index is 0. The number of thiazole rings is 1. The molecule has 0 unspecified atom stereocenters. The molecule has 0 saturated carbocycles. The molecule has 0 fully saturated rings. The lowest BCUT2D eigenvalue weighted by molar-refractivity contribution is 0.0985. The third kappa shape index (κ3) is 5.23. The summed E-state index contributed by atoms with van der Waals surface area (Å²) in [6.45, 7) is 5.51. The topological polar surface area (TPSA) is 36.4 Å². The van der Waals surface area contributed by atoms with E-state index in [4.69, 9.17) is 16.6 Å². The van der Waals surface area contributed by atoms with Crippen molar-refractivity contribution in [3.63, 3.8) is 0 Å². The summed E-state index contributed by atoms with van der Waals surface area (Å²) in [5.74, 6) is 0.000101. The van der Waals surface area contributed by atoms with Crippen LogP contribution in [0.5, 0.6) is 0 Å². The van der Waals surface area contributed by atoms with E-state index in [9.17, 15) is 4.79 Å². The van der Waals surface area contributed by atoms with Crippen molar-refractivity contribution in [2.45, 2.75) is 20.3 Å². The van der Waals surface area contributed by atoms with Crippen molar-refractivity contribution < 1.29 is 4.79 Å². The summed E-state index contributed by atoms with van der Waals surface area (Å²) in [7, 11) is 4.08. The lowest BCUT2D eigenvalue weighted by Crippen LogP contribution is -2.34. The van der Waals surface area contributed by atoms with Gasteiger partial charge in [0.15, 0.2) is 5.13 Å². The minimum atomic E-state index is 0. The highest BCUT2D eigenvalue weighted by molar-refractivity contribution is 7.22. The van der Waals surface area contributed by atoms with Crippen LogP contribution in [0.3, 0.4) is 0 Å². The van der Waals surface area contributed by atoms with Crippen molar-refractivity contribution in [2.24, 2.45) is 0 Å². The summed E-state index contributed by atoms with van der Waals surface area (Å²) in [5.41, 5.74) is 3.66. The second-order valence-corrected chi connectivity index (χ2v) is 8.49. The molecule has 150 valence electrons. The number of amides is 1. The average molecular weight is 438 g/mol. The number of fused-ring (bicyclic) bond motifs is 1. The van der Waals surface area contributed by atoms with Crippen molar-refractivity contribution in [3.05, 3.63) is 58.1 Å². The molecule has 0 atom stereocenters. The van der Waals surface area contributed by atoms with Crippen molar-refractivity contribution in [2.75, 3.05) is 32.1 Å². The molecule has 3 aromatic rings. The number of carbonyl (C=O) groups is 1. The summed E-state index contributed by atoms with van der Waals surface area (Å²) < 4.78 is 0.990. The number of halogens is 2. The smallest absolute Gasteiger partial charge is 0.260 e. The standard InChI is InChI=1S/C21H24ClN3OS.ClH/c1-14-6-7-15(2)17(12-14)20(26)25(11-5-10-24(3)4)21-23-18-9-8-16(22)13-19(18)27-21;/h6-9,12-13H,5,10-11H2,1-4H3;1H. The zero-order valence-corrected chi connectivity index (χ0v) is 18.9. The van der Waals surface area contributed by atoms with Gasteiger partial charge in [0.2, 0.25) is 0 Å². The Morgan fingerprint density at radius 3 is 2.57 bits per heavy atom. The first-order valence-corrected chi connectivity index (χ1v) is 10.1. The van der Waals surface area contributed by atoms with Gasteiger partial charge >= 0.3 is 0 Å². The monoisotopic (exact) mass is 437 g/mol. The van der Waals surface area contributed by atoms with Gasteiger partial charge in [0.05, 0.1) is 10.2 Å². The van der Waals surface area contributed by atoms with Crippen molar-refractivity contribution in [1.82, 2.24) is 9.88 Å². The molecule has 28 heavy (non-hydrogen) atoms. The first-order valence-electron chi connectivity index (χ1n) is 8.95. The second-order valence-electron chi connectivity index (χ2n) is 7.04. The highest BCUT2D eigenvalue weighted by Crippen LogP contribution is 2.32. The first kappa shape index (κ1) is 22.6. The van der Waals surface area contributed by atoms with Crippen molar-refractivity contribution in [1.29, 1.82) is 0 Å². The van der Waals surface area contributed by atoms with E-state index in [0.29, 0.717) is 11.6 Å². The van der Waals surface area contributed by atoms with E-state index in [-0.39, 0.29) is 18.3 Å². The molecule has 0 aliphatic carbocycles. The number of anilines is 1. The fourth-order valence-corrected chi connectivity index (χ4v) is 4.21. The number of hydrogen-bond donors (Lipinski definition) is 0. The highest BCUT2D eigenvalue weighted by Gasteiger charge is 2.22. The third-order valence-corrected chi connectivity index (χ3v) is 5.70. The Morgan fingerprint density at radius 1 is 1.11 bits per heavy atom. The summed E-state index contributed by atoms with van der Waals surface area (Å²) >= 11 is 7.62. The molecule has 0 bridgehead atoms. The van der Waals surface area contributed by atoms with Gasteiger partial charge in [-0.2, -0.15) is 0 Å². The van der Waals surface area contributed by atoms with Gasteiger partial charge in [0.1, 0.15) is 0 Å². The summed E-state index contributed by atoms with van der Waals surface area (Å²) in [4.78, 5) is 22.0. The fraction of sp³-hybridized carbons (Fsp3) is 0.333. The van der Waals surface area contributed by atoms with Gasteiger partial charge < -0.3 is 4.90 Å². The number of aromatic nitrogens is 1. The van der Waals surface area contributed by atoms with Crippen molar-refractivity contribution >= 4 is 56.6 Å². The molecule has 2 aromatic carbocycles. The molecule has 0 N–H and O–H groups in total. The normalized spacial score (nSPS) is 10.9. The fourth-order valence-electron chi connectivity index (χ4n) is 2.94. The quantitative estimate of drug-likeness (QED) is 0.504. The van der Waals surface area contributed by atoms with Crippen LogP contribution in [0, 0.1) is 13.8 Å². The van der Waals surface area contributed by atoms with E-state index in [1.165, 1.54) is 11.3 Å². The van der Waals surface area contributed by atoms with Gasteiger partial charge in [-0.05, 0) is 70.7 Å². The van der Waals surface area contributed by atoms with Gasteiger partial charge in [-0.15, -0.1) is 12.4 Å². The summed E-state index contributed by atoms with van der Waals surface area (Å²) in [5, 5.41) is 1.40. The molecule has 0 aliphatic rings. The molecular weight excluding hydrogens is 413 g/mol. The number of nitrogens with zero attached hydrogens (tertiary/aromatic N) is 3. The predicted molar refractivity (Wildman–Crippen MR) is 123 cm³/mol. The van der Waals surface area contributed by atoms with Crippen LogP contribution < -0.4 is 4.90 Å². The van der Waals surface area contributed by atoms with E-state index < -0.39 is 0 Å². The molecule has 7 heteroatoms. The van der Waals surface area contributed by atoms with Crippen LogP contribution in [0.4, 0.5) is 5.13 Å². The highest BCUT2D eigenvalue weighted by atomic mass is 35.5. The van der Waals surface area contributed by atoms with Crippen LogP contribution in [-0.4, -0.2) is 43.0 Å². The molecule has 4 nitrogen and oxygen atoms in total. The maximum Gasteiger partial charge on any atom is 0.260 e. The first-order chi connectivity index (χ1) is 12.8. The second kappa shape index (κ2) is 9.70. The van der Waals surface area contributed by atoms with Gasteiger partial charge in [0.25, 0.3) is 5.91 Å². The van der Waals surface area contributed by atoms with Gasteiger partial charge in [-0.1, -0.05) is 40.6 Å². The van der Waals surface area contributed by atoms with Crippen LogP contribution in [0.25, 0.3) is 10.2 Å². The molecule has 0 saturated heterocycles. The minimum Gasteiger partial charge on any atom is -0.309 e. The largest absolute Gasteiger partial charge is 0.309 e. The SMILES string of the molecule is Cc1ccc(C)c(C(=O)N(CCCN(C)C)c2nc3ccc(Cl)cc3s2)c1.Cl. The predicted octanol–water partition coefficient (Wildman–Crippen LogP) is 5.59. The van der Waals surface area contributed by atoms with Gasteiger partial charge in [-0.3, -0.25) is 9.69 Å². The van der Waals surface area contributed by atoms with E-state index in [1.54, 1.807) is 0 Å². The van der Waals surface area contributed by atoms with E-state index >= 15 is 0 Å². The van der Waals surface area contributed by atoms with Gasteiger partial charge in [0, 0.05) is 17.1 Å². The summed E-state index contributed by atoms with van der Waals surface area (Å²) in [6, 6.07) is 11.6. The lowest BCUT2D eigenvalue weighted by atomic mass is 10.0. The van der Waals surface area contributed by atoms with E-state index in [2.05, 4.69) is 4.90 Å². The number of hydrogen-bond acceptors (Lipinski definition) is 4. The molecule has 1 aromatic heterocycles. The zero-order valence-electron chi connectivity index (χ0n) is 16.5. The molecule has 0 spiro atoms. The molecule has 1 amide bonds. The number of carbonyl (C=O) groups excluding carboxylic acids is 1. The Balaban J connectivity index is 0.00000280. The molecular formula is C21H25Cl2N3OS. The third-order valence-electron chi connectivity index (χ3n) is 4.43. The Labute approximate surface area is 181 Å². The van der Waals surface area contributed by atoms with Crippen LogP contribution in [0.2, 0.25) is 5.02 Å². The zero-order chi connectivity index (χ0) is 19.6. The molecule has 3 rings (SSSR count). The van der Waals surface area contributed by atoms with Gasteiger partial charge in [-0.25, -0.2) is 4.98 Å². The van der Waals surface area contributed by atoms with Crippen LogP contribution >= 0.6 is 35.3 Å². The van der Waals surface area contributed by atoms with Crippen LogP contribution in [0.15, 0.2) is 36.4 Å². The van der Waals surface area contributed by atoms with Crippen LogP contribution in [-0.2, 0) is 0 Å². The molecule has 1 heterocycles. The maximum atomic E-state index is 13.4. The Hall–Kier alpha value is -1.66. The Bertz CT molecular complexity index is 971. The number of benzene rings is 2. The Morgan fingerprint density at radius 2 is 1.86 bits per heavy atom. The van der Waals surface area contributed by atoms with E-state index in [0.717, 1.165) is 45.0 Å². The van der Waals surface area contributed by atoms with Crippen molar-refractivity contribution in [3.8, 4) is 0 Å². The molecule has 0 radical (unpaired) electrons. The number of aryl methyl sites for hydroxylation is 2. The van der Waals surface area contributed by atoms with Crippen LogP contribution in [0.1, 0.15) is 27.9 Å². The average Bonchev–Trinajstić information content (AvgIpc) is 3.02. The summed E-state index contributed by atoms with van der Waals surface area (Å²) in [6.07, 6.45) is 0.875. The van der Waals surface area contributed by atoms with E-state index in [1.807, 2.05) is 69.2 Å².